The molecule has 0 saturated carbocycles. The third kappa shape index (κ3) is 3.63. The molecule has 4 heteroatoms. The maximum absolute atomic E-state index is 12.0. The number of hydrogen-bond donors (Lipinski definition) is 1. The molecule has 1 N–H and O–H groups in total. The van der Waals surface area contributed by atoms with Crippen LogP contribution in [-0.2, 0) is 4.79 Å². The van der Waals surface area contributed by atoms with Crippen molar-refractivity contribution in [2.45, 2.75) is 34.1 Å². The van der Waals surface area contributed by atoms with E-state index in [1.807, 2.05) is 39.8 Å². The maximum atomic E-state index is 12.0. The molecule has 104 valence electrons. The molecule has 0 aromatic heterocycles. The van der Waals surface area contributed by atoms with Crippen molar-refractivity contribution in [1.29, 1.82) is 0 Å². The molecule has 1 aromatic carbocycles. The van der Waals surface area contributed by atoms with E-state index in [9.17, 15) is 4.79 Å². The Morgan fingerprint density at radius 3 is 2.37 bits per heavy atom. The zero-order valence-corrected chi connectivity index (χ0v) is 12.0. The van der Waals surface area contributed by atoms with Crippen LogP contribution in [0.2, 0.25) is 0 Å². The molecule has 1 aromatic rings. The van der Waals surface area contributed by atoms with Crippen LogP contribution in [0.4, 0.5) is 5.69 Å². The average molecular weight is 263 g/mol. The van der Waals surface area contributed by atoms with Gasteiger partial charge in [-0.1, -0.05) is 20.8 Å². The minimum absolute atomic E-state index is 0.0206. The van der Waals surface area contributed by atoms with Gasteiger partial charge in [-0.05, 0) is 24.0 Å². The number of fused-ring (bicyclic) bond motifs is 1. The lowest BCUT2D eigenvalue weighted by atomic mass is 9.92. The van der Waals surface area contributed by atoms with Crippen LogP contribution in [0.1, 0.15) is 32.8 Å². The smallest absolute Gasteiger partial charge is 0.224 e. The number of aryl methyl sites for hydroxylation is 1. The predicted octanol–water partition coefficient (Wildman–Crippen LogP) is 3.14. The Bertz CT molecular complexity index is 489. The summed E-state index contributed by atoms with van der Waals surface area (Å²) < 4.78 is 11.0. The Hall–Kier alpha value is -1.71. The lowest BCUT2D eigenvalue weighted by Gasteiger charge is -2.21. The van der Waals surface area contributed by atoms with Crippen molar-refractivity contribution >= 4 is 11.6 Å². The first-order valence-electron chi connectivity index (χ1n) is 6.55. The van der Waals surface area contributed by atoms with Crippen molar-refractivity contribution in [2.24, 2.45) is 5.41 Å². The molecule has 1 aliphatic rings. The minimum atomic E-state index is -0.0220. The molecule has 0 fully saturated rings. The molecule has 1 amide bonds. The van der Waals surface area contributed by atoms with Gasteiger partial charge in [0, 0.05) is 18.2 Å². The van der Waals surface area contributed by atoms with Gasteiger partial charge in [0.1, 0.15) is 13.2 Å². The van der Waals surface area contributed by atoms with E-state index in [0.29, 0.717) is 25.4 Å². The van der Waals surface area contributed by atoms with Crippen LogP contribution < -0.4 is 14.8 Å². The second kappa shape index (κ2) is 5.11. The minimum Gasteiger partial charge on any atom is -0.486 e. The largest absolute Gasteiger partial charge is 0.486 e. The van der Waals surface area contributed by atoms with Crippen molar-refractivity contribution in [1.82, 2.24) is 0 Å². The molecule has 2 rings (SSSR count). The summed E-state index contributed by atoms with van der Waals surface area (Å²) in [5.41, 5.74) is 1.75. The third-order valence-corrected chi connectivity index (χ3v) is 2.85. The van der Waals surface area contributed by atoms with Crippen molar-refractivity contribution < 1.29 is 14.3 Å². The van der Waals surface area contributed by atoms with Crippen molar-refractivity contribution in [3.63, 3.8) is 0 Å². The lowest BCUT2D eigenvalue weighted by Crippen LogP contribution is -2.21. The molecule has 0 bridgehead atoms. The molecule has 0 unspecified atom stereocenters. The summed E-state index contributed by atoms with van der Waals surface area (Å²) in [6.45, 7) is 9.20. The number of anilines is 1. The molecule has 1 aliphatic heterocycles. The van der Waals surface area contributed by atoms with Gasteiger partial charge in [0.25, 0.3) is 0 Å². The molecule has 1 heterocycles. The number of carbonyl (C=O) groups excluding carboxylic acids is 1. The fourth-order valence-electron chi connectivity index (χ4n) is 2.00. The van der Waals surface area contributed by atoms with Gasteiger partial charge in [-0.3, -0.25) is 4.79 Å². The van der Waals surface area contributed by atoms with E-state index in [2.05, 4.69) is 5.32 Å². The molecular weight excluding hydrogens is 242 g/mol. The van der Waals surface area contributed by atoms with Gasteiger partial charge in [-0.15, -0.1) is 0 Å². The monoisotopic (exact) mass is 263 g/mol. The Balaban J connectivity index is 2.14. The standard InChI is InChI=1S/C15H21NO3/c1-10-7-12-13(19-6-5-18-12)8-11(10)16-14(17)9-15(2,3)4/h7-8H,5-6,9H2,1-4H3,(H,16,17). The van der Waals surface area contributed by atoms with E-state index in [4.69, 9.17) is 9.47 Å². The Labute approximate surface area is 114 Å². The summed E-state index contributed by atoms with van der Waals surface area (Å²) in [6.07, 6.45) is 0.487. The first-order valence-corrected chi connectivity index (χ1v) is 6.55. The number of rotatable bonds is 2. The summed E-state index contributed by atoms with van der Waals surface area (Å²) >= 11 is 0. The number of hydrogen-bond acceptors (Lipinski definition) is 3. The van der Waals surface area contributed by atoms with Crippen LogP contribution in [0.25, 0.3) is 0 Å². The Morgan fingerprint density at radius 1 is 1.21 bits per heavy atom. The SMILES string of the molecule is Cc1cc2c(cc1NC(=O)CC(C)(C)C)OCCO2. The Kier molecular flexibility index (Phi) is 3.69. The van der Waals surface area contributed by atoms with Crippen LogP contribution in [0.5, 0.6) is 11.5 Å². The second-order valence-corrected chi connectivity index (χ2v) is 6.10. The van der Waals surface area contributed by atoms with Gasteiger partial charge in [0.2, 0.25) is 5.91 Å². The lowest BCUT2D eigenvalue weighted by molar-refractivity contribution is -0.117. The highest BCUT2D eigenvalue weighted by atomic mass is 16.6. The van der Waals surface area contributed by atoms with E-state index >= 15 is 0 Å². The topological polar surface area (TPSA) is 47.6 Å². The zero-order valence-electron chi connectivity index (χ0n) is 12.0. The predicted molar refractivity (Wildman–Crippen MR) is 74.9 cm³/mol. The van der Waals surface area contributed by atoms with E-state index < -0.39 is 0 Å². The highest BCUT2D eigenvalue weighted by Crippen LogP contribution is 2.35. The normalized spacial score (nSPS) is 14.1. The van der Waals surface area contributed by atoms with Gasteiger partial charge in [-0.25, -0.2) is 0 Å². The molecule has 19 heavy (non-hydrogen) atoms. The Morgan fingerprint density at radius 2 is 1.79 bits per heavy atom. The highest BCUT2D eigenvalue weighted by molar-refractivity contribution is 5.92. The van der Waals surface area contributed by atoms with E-state index in [1.54, 1.807) is 0 Å². The van der Waals surface area contributed by atoms with Gasteiger partial charge < -0.3 is 14.8 Å². The second-order valence-electron chi connectivity index (χ2n) is 6.10. The number of carbonyl (C=O) groups is 1. The highest BCUT2D eigenvalue weighted by Gasteiger charge is 2.18. The van der Waals surface area contributed by atoms with E-state index in [-0.39, 0.29) is 11.3 Å². The molecule has 0 saturated heterocycles. The quantitative estimate of drug-likeness (QED) is 0.891. The maximum Gasteiger partial charge on any atom is 0.224 e. The summed E-state index contributed by atoms with van der Waals surface area (Å²) in [5.74, 6) is 1.47. The third-order valence-electron chi connectivity index (χ3n) is 2.85. The van der Waals surface area contributed by atoms with Gasteiger partial charge in [0.05, 0.1) is 0 Å². The summed E-state index contributed by atoms with van der Waals surface area (Å²) in [6, 6.07) is 3.74. The van der Waals surface area contributed by atoms with Crippen molar-refractivity contribution in [2.75, 3.05) is 18.5 Å². The summed E-state index contributed by atoms with van der Waals surface area (Å²) in [7, 11) is 0. The molecule has 0 radical (unpaired) electrons. The van der Waals surface area contributed by atoms with Gasteiger partial charge >= 0.3 is 0 Å². The van der Waals surface area contributed by atoms with Gasteiger partial charge in [-0.2, -0.15) is 0 Å². The molecule has 4 nitrogen and oxygen atoms in total. The number of nitrogens with one attached hydrogen (secondary N) is 1. The molecule has 0 spiro atoms. The first kappa shape index (κ1) is 13.7. The van der Waals surface area contributed by atoms with Crippen molar-refractivity contribution in [3.8, 4) is 11.5 Å². The fourth-order valence-corrected chi connectivity index (χ4v) is 2.00. The van der Waals surface area contributed by atoms with Crippen LogP contribution >= 0.6 is 0 Å². The summed E-state index contributed by atoms with van der Waals surface area (Å²) in [5, 5.41) is 2.94. The fraction of sp³-hybridized carbons (Fsp3) is 0.533. The zero-order chi connectivity index (χ0) is 14.0. The molecular formula is C15H21NO3. The summed E-state index contributed by atoms with van der Waals surface area (Å²) in [4.78, 5) is 12.0. The molecule has 0 atom stereocenters. The number of ether oxygens (including phenoxy) is 2. The van der Waals surface area contributed by atoms with Crippen LogP contribution in [-0.4, -0.2) is 19.1 Å². The molecule has 0 aliphatic carbocycles. The van der Waals surface area contributed by atoms with E-state index in [1.165, 1.54) is 0 Å². The van der Waals surface area contributed by atoms with Crippen LogP contribution in [0.3, 0.4) is 0 Å². The average Bonchev–Trinajstić information content (AvgIpc) is 2.27. The van der Waals surface area contributed by atoms with E-state index in [0.717, 1.165) is 17.0 Å². The van der Waals surface area contributed by atoms with Crippen molar-refractivity contribution in [3.05, 3.63) is 17.7 Å². The first-order chi connectivity index (χ1) is 8.85. The number of amides is 1. The number of benzene rings is 1. The van der Waals surface area contributed by atoms with Gasteiger partial charge in [0.15, 0.2) is 11.5 Å². The van der Waals surface area contributed by atoms with Crippen LogP contribution in [0.15, 0.2) is 12.1 Å². The van der Waals surface area contributed by atoms with Crippen LogP contribution in [0, 0.1) is 12.3 Å².